The molecule has 0 radical (unpaired) electrons. The van der Waals surface area contributed by atoms with Crippen LogP contribution in [-0.4, -0.2) is 29.4 Å². The summed E-state index contributed by atoms with van der Waals surface area (Å²) < 4.78 is 5.33. The van der Waals surface area contributed by atoms with Crippen LogP contribution in [-0.2, 0) is 13.0 Å². The molecular formula is C19H18N2O2. The van der Waals surface area contributed by atoms with Crippen LogP contribution < -0.4 is 4.74 Å². The smallest absolute Gasteiger partial charge is 0.254 e. The van der Waals surface area contributed by atoms with Gasteiger partial charge >= 0.3 is 0 Å². The fraction of sp³-hybridized carbons (Fsp3) is 0.211. The molecule has 4 heteroatoms. The zero-order valence-corrected chi connectivity index (χ0v) is 13.0. The van der Waals surface area contributed by atoms with E-state index in [0.29, 0.717) is 6.54 Å². The zero-order chi connectivity index (χ0) is 15.8. The molecule has 4 rings (SSSR count). The molecule has 0 unspecified atom stereocenters. The molecular weight excluding hydrogens is 288 g/mol. The van der Waals surface area contributed by atoms with Gasteiger partial charge in [0.05, 0.1) is 7.11 Å². The van der Waals surface area contributed by atoms with Gasteiger partial charge in [-0.15, -0.1) is 0 Å². The average molecular weight is 306 g/mol. The van der Waals surface area contributed by atoms with Crippen molar-refractivity contribution >= 4 is 16.8 Å². The van der Waals surface area contributed by atoms with Crippen LogP contribution >= 0.6 is 0 Å². The van der Waals surface area contributed by atoms with Gasteiger partial charge in [0.1, 0.15) is 5.75 Å². The molecule has 0 fully saturated rings. The summed E-state index contributed by atoms with van der Waals surface area (Å²) in [6.45, 7) is 1.38. The summed E-state index contributed by atoms with van der Waals surface area (Å²) in [4.78, 5) is 18.1. The van der Waals surface area contributed by atoms with Gasteiger partial charge in [-0.1, -0.05) is 18.2 Å². The Morgan fingerprint density at radius 2 is 2.00 bits per heavy atom. The van der Waals surface area contributed by atoms with Gasteiger partial charge in [-0.05, 0) is 30.3 Å². The monoisotopic (exact) mass is 306 g/mol. The van der Waals surface area contributed by atoms with Crippen molar-refractivity contribution in [3.05, 3.63) is 65.4 Å². The van der Waals surface area contributed by atoms with Gasteiger partial charge in [0.15, 0.2) is 0 Å². The number of methoxy groups -OCH3 is 1. The first-order valence-electron chi connectivity index (χ1n) is 7.78. The van der Waals surface area contributed by atoms with Crippen molar-refractivity contribution in [2.75, 3.05) is 13.7 Å². The number of carbonyl (C=O) groups is 1. The Morgan fingerprint density at radius 1 is 1.17 bits per heavy atom. The molecule has 0 spiro atoms. The fourth-order valence-corrected chi connectivity index (χ4v) is 3.26. The highest BCUT2D eigenvalue weighted by molar-refractivity contribution is 5.95. The molecule has 4 nitrogen and oxygen atoms in total. The summed E-state index contributed by atoms with van der Waals surface area (Å²) in [5, 5.41) is 1.14. The number of aromatic nitrogens is 1. The van der Waals surface area contributed by atoms with E-state index in [-0.39, 0.29) is 5.91 Å². The van der Waals surface area contributed by atoms with Gasteiger partial charge < -0.3 is 14.6 Å². The number of nitrogens with one attached hydrogen (secondary N) is 1. The first-order chi connectivity index (χ1) is 11.3. The van der Waals surface area contributed by atoms with Gasteiger partial charge in [-0.25, -0.2) is 0 Å². The SMILES string of the molecule is COc1ccc2[nH]c3c(c2c1)CN(C(=O)c1ccccc1)CC3. The lowest BCUT2D eigenvalue weighted by atomic mass is 10.0. The second-order valence-electron chi connectivity index (χ2n) is 5.84. The maximum Gasteiger partial charge on any atom is 0.254 e. The summed E-state index contributed by atoms with van der Waals surface area (Å²) in [6, 6.07) is 15.5. The van der Waals surface area contributed by atoms with Gasteiger partial charge in [0, 0.05) is 47.2 Å². The topological polar surface area (TPSA) is 45.3 Å². The van der Waals surface area contributed by atoms with Gasteiger partial charge in [0.25, 0.3) is 5.91 Å². The van der Waals surface area contributed by atoms with Crippen LogP contribution in [0.2, 0.25) is 0 Å². The minimum absolute atomic E-state index is 0.0912. The molecule has 0 saturated carbocycles. The molecule has 0 bridgehead atoms. The van der Waals surface area contributed by atoms with E-state index in [1.165, 1.54) is 11.3 Å². The number of nitrogens with zero attached hydrogens (tertiary/aromatic N) is 1. The predicted molar refractivity (Wildman–Crippen MR) is 89.7 cm³/mol. The molecule has 1 N–H and O–H groups in total. The lowest BCUT2D eigenvalue weighted by Gasteiger charge is -2.27. The third-order valence-electron chi connectivity index (χ3n) is 4.49. The second-order valence-corrected chi connectivity index (χ2v) is 5.84. The molecule has 23 heavy (non-hydrogen) atoms. The first kappa shape index (κ1) is 13.9. The Bertz CT molecular complexity index is 868. The van der Waals surface area contributed by atoms with E-state index >= 15 is 0 Å². The van der Waals surface area contributed by atoms with E-state index < -0.39 is 0 Å². The van der Waals surface area contributed by atoms with Crippen LogP contribution in [0.4, 0.5) is 0 Å². The minimum atomic E-state index is 0.0912. The molecule has 0 saturated heterocycles. The maximum absolute atomic E-state index is 12.7. The number of H-pyrrole nitrogens is 1. The number of hydrogen-bond acceptors (Lipinski definition) is 2. The normalized spacial score (nSPS) is 13.9. The van der Waals surface area contributed by atoms with E-state index in [1.807, 2.05) is 53.4 Å². The highest BCUT2D eigenvalue weighted by Gasteiger charge is 2.24. The molecule has 2 heterocycles. The molecule has 1 aliphatic rings. The molecule has 0 aliphatic carbocycles. The zero-order valence-electron chi connectivity index (χ0n) is 13.0. The van der Waals surface area contributed by atoms with Gasteiger partial charge in [-0.2, -0.15) is 0 Å². The van der Waals surface area contributed by atoms with Crippen molar-refractivity contribution in [2.24, 2.45) is 0 Å². The summed E-state index contributed by atoms with van der Waals surface area (Å²) in [7, 11) is 1.67. The van der Waals surface area contributed by atoms with E-state index in [2.05, 4.69) is 4.98 Å². The van der Waals surface area contributed by atoms with Crippen LogP contribution in [0.1, 0.15) is 21.6 Å². The lowest BCUT2D eigenvalue weighted by molar-refractivity contribution is 0.0735. The Hall–Kier alpha value is -2.75. The van der Waals surface area contributed by atoms with E-state index in [0.717, 1.165) is 35.2 Å². The molecule has 116 valence electrons. The maximum atomic E-state index is 12.7. The fourth-order valence-electron chi connectivity index (χ4n) is 3.26. The number of aromatic amines is 1. The van der Waals surface area contributed by atoms with Crippen LogP contribution in [0.5, 0.6) is 5.75 Å². The number of benzene rings is 2. The van der Waals surface area contributed by atoms with Crippen molar-refractivity contribution in [1.29, 1.82) is 0 Å². The van der Waals surface area contributed by atoms with E-state index in [9.17, 15) is 4.79 Å². The molecule has 3 aromatic rings. The van der Waals surface area contributed by atoms with Crippen molar-refractivity contribution < 1.29 is 9.53 Å². The number of carbonyl (C=O) groups excluding carboxylic acids is 1. The van der Waals surface area contributed by atoms with Gasteiger partial charge in [-0.3, -0.25) is 4.79 Å². The standard InChI is InChI=1S/C19H18N2O2/c1-23-14-7-8-17-15(11-14)16-12-21(10-9-18(16)20-17)19(22)13-5-3-2-4-6-13/h2-8,11,20H,9-10,12H2,1H3. The Labute approximate surface area is 134 Å². The van der Waals surface area contributed by atoms with Crippen molar-refractivity contribution in [1.82, 2.24) is 9.88 Å². The summed E-state index contributed by atoms with van der Waals surface area (Å²) in [5.74, 6) is 0.930. The minimum Gasteiger partial charge on any atom is -0.497 e. The Kier molecular flexibility index (Phi) is 3.30. The molecule has 1 amide bonds. The number of ether oxygens (including phenoxy) is 1. The quantitative estimate of drug-likeness (QED) is 0.789. The molecule has 1 aromatic heterocycles. The summed E-state index contributed by atoms with van der Waals surface area (Å²) in [5.41, 5.74) is 4.28. The number of fused-ring (bicyclic) bond motifs is 3. The summed E-state index contributed by atoms with van der Waals surface area (Å²) >= 11 is 0. The highest BCUT2D eigenvalue weighted by atomic mass is 16.5. The largest absolute Gasteiger partial charge is 0.497 e. The Morgan fingerprint density at radius 3 is 2.78 bits per heavy atom. The molecule has 0 atom stereocenters. The van der Waals surface area contributed by atoms with Crippen molar-refractivity contribution in [3.63, 3.8) is 0 Å². The van der Waals surface area contributed by atoms with Crippen LogP contribution in [0.3, 0.4) is 0 Å². The third-order valence-corrected chi connectivity index (χ3v) is 4.49. The van der Waals surface area contributed by atoms with E-state index in [4.69, 9.17) is 4.74 Å². The van der Waals surface area contributed by atoms with Crippen molar-refractivity contribution in [3.8, 4) is 5.75 Å². The third kappa shape index (κ3) is 2.36. The van der Waals surface area contributed by atoms with Crippen LogP contribution in [0.15, 0.2) is 48.5 Å². The predicted octanol–water partition coefficient (Wildman–Crippen LogP) is 3.38. The number of hydrogen-bond donors (Lipinski definition) is 1. The average Bonchev–Trinajstić information content (AvgIpc) is 2.98. The van der Waals surface area contributed by atoms with Crippen LogP contribution in [0, 0.1) is 0 Å². The van der Waals surface area contributed by atoms with Crippen molar-refractivity contribution in [2.45, 2.75) is 13.0 Å². The second kappa shape index (κ2) is 5.47. The number of rotatable bonds is 2. The molecule has 1 aliphatic heterocycles. The summed E-state index contributed by atoms with van der Waals surface area (Å²) in [6.07, 6.45) is 0.852. The number of amides is 1. The van der Waals surface area contributed by atoms with Crippen LogP contribution in [0.25, 0.3) is 10.9 Å². The highest BCUT2D eigenvalue weighted by Crippen LogP contribution is 2.30. The van der Waals surface area contributed by atoms with Gasteiger partial charge in [0.2, 0.25) is 0 Å². The molecule has 2 aromatic carbocycles. The first-order valence-corrected chi connectivity index (χ1v) is 7.78. The lowest BCUT2D eigenvalue weighted by Crippen LogP contribution is -2.35. The van der Waals surface area contributed by atoms with E-state index in [1.54, 1.807) is 7.11 Å². The Balaban J connectivity index is 1.69.